The monoisotopic (exact) mass is 649 g/mol. The van der Waals surface area contributed by atoms with Crippen LogP contribution in [-0.4, -0.2) is 102 Å². The highest BCUT2D eigenvalue weighted by molar-refractivity contribution is 5.78. The minimum Gasteiger partial charge on any atom is -0.479 e. The summed E-state index contributed by atoms with van der Waals surface area (Å²) in [5.74, 6) is -2.27. The molecule has 44 heavy (non-hydrogen) atoms. The number of rotatable bonds is 7. The second-order valence-corrected chi connectivity index (χ2v) is 11.6. The third kappa shape index (κ3) is 7.36. The molecule has 1 spiro atoms. The number of ether oxygens (including phenoxy) is 2. The van der Waals surface area contributed by atoms with Crippen molar-refractivity contribution >= 4 is 17.6 Å². The quantitative estimate of drug-likeness (QED) is 0.423. The summed E-state index contributed by atoms with van der Waals surface area (Å²) in [6.07, 6.45) is -18.1. The summed E-state index contributed by atoms with van der Waals surface area (Å²) in [5.41, 5.74) is -2.30. The first-order valence-electron chi connectivity index (χ1n) is 13.9. The zero-order valence-corrected chi connectivity index (χ0v) is 23.6. The van der Waals surface area contributed by atoms with Gasteiger partial charge in [-0.3, -0.25) is 9.69 Å². The standard InChI is InChI=1S/C27H32F9N3O5/c1-23(22(41)42)16-38(11-12-44-23)19-13-18(25(28,29)30)4-3-17(19)14-39-8-2-5-24(39)6-9-37(10-7-24)20(40)15-43-21(26(31,32)33)27(34,35)36/h3-4,13,21H,2,5-12,14-16H2,1H3,(H,41,42). The molecule has 1 N–H and O–H groups in total. The van der Waals surface area contributed by atoms with Gasteiger partial charge >= 0.3 is 24.5 Å². The molecule has 3 heterocycles. The van der Waals surface area contributed by atoms with Gasteiger partial charge in [0.2, 0.25) is 12.0 Å². The number of halogens is 9. The summed E-state index contributed by atoms with van der Waals surface area (Å²) >= 11 is 0. The highest BCUT2D eigenvalue weighted by atomic mass is 19.4. The molecule has 0 aliphatic carbocycles. The van der Waals surface area contributed by atoms with Gasteiger partial charge in [-0.15, -0.1) is 0 Å². The number of carboxylic acid groups (broad SMARTS) is 1. The van der Waals surface area contributed by atoms with E-state index in [1.807, 2.05) is 0 Å². The predicted molar refractivity (Wildman–Crippen MR) is 136 cm³/mol. The number of benzene rings is 1. The summed E-state index contributed by atoms with van der Waals surface area (Å²) in [7, 11) is 0. The van der Waals surface area contributed by atoms with Crippen molar-refractivity contribution in [2.75, 3.05) is 50.8 Å². The van der Waals surface area contributed by atoms with E-state index >= 15 is 0 Å². The van der Waals surface area contributed by atoms with E-state index in [-0.39, 0.29) is 45.0 Å². The van der Waals surface area contributed by atoms with Gasteiger partial charge in [-0.25, -0.2) is 4.79 Å². The lowest BCUT2D eigenvalue weighted by Gasteiger charge is -2.46. The molecule has 3 fully saturated rings. The van der Waals surface area contributed by atoms with Gasteiger partial charge < -0.3 is 24.4 Å². The van der Waals surface area contributed by atoms with Gasteiger partial charge in [0.15, 0.2) is 5.60 Å². The van der Waals surface area contributed by atoms with Gasteiger partial charge in [0, 0.05) is 37.4 Å². The largest absolute Gasteiger partial charge is 0.479 e. The number of anilines is 1. The molecule has 4 rings (SSSR count). The molecule has 1 aromatic carbocycles. The van der Waals surface area contributed by atoms with Crippen LogP contribution in [0.2, 0.25) is 0 Å². The number of alkyl halides is 9. The molecular weight excluding hydrogens is 617 g/mol. The Bertz CT molecular complexity index is 1200. The molecule has 3 aliphatic heterocycles. The number of carbonyl (C=O) groups excluding carboxylic acids is 1. The normalized spacial score (nSPS) is 23.5. The first kappa shape index (κ1) is 34.1. The molecule has 248 valence electrons. The van der Waals surface area contributed by atoms with E-state index in [9.17, 15) is 54.2 Å². The Morgan fingerprint density at radius 2 is 1.61 bits per heavy atom. The first-order chi connectivity index (χ1) is 20.3. The molecule has 8 nitrogen and oxygen atoms in total. The van der Waals surface area contributed by atoms with Crippen LogP contribution in [-0.2, 0) is 31.8 Å². The number of morpholine rings is 1. The number of hydrogen-bond donors (Lipinski definition) is 1. The average Bonchev–Trinajstić information content (AvgIpc) is 3.28. The van der Waals surface area contributed by atoms with E-state index in [0.29, 0.717) is 31.4 Å². The van der Waals surface area contributed by atoms with Crippen LogP contribution in [0, 0.1) is 0 Å². The number of aliphatic carboxylic acids is 1. The molecule has 3 aliphatic rings. The Kier molecular flexibility index (Phi) is 9.45. The van der Waals surface area contributed by atoms with Gasteiger partial charge in [-0.2, -0.15) is 39.5 Å². The van der Waals surface area contributed by atoms with E-state index in [0.717, 1.165) is 23.5 Å². The van der Waals surface area contributed by atoms with E-state index in [2.05, 4.69) is 9.64 Å². The van der Waals surface area contributed by atoms with Gasteiger partial charge in [0.05, 0.1) is 18.7 Å². The summed E-state index contributed by atoms with van der Waals surface area (Å²) < 4.78 is 127. The Morgan fingerprint density at radius 3 is 2.18 bits per heavy atom. The van der Waals surface area contributed by atoms with Crippen LogP contribution in [0.4, 0.5) is 45.2 Å². The molecule has 1 amide bonds. The van der Waals surface area contributed by atoms with Crippen LogP contribution in [0.3, 0.4) is 0 Å². The molecule has 1 atom stereocenters. The third-order valence-electron chi connectivity index (χ3n) is 8.60. The lowest BCUT2D eigenvalue weighted by Crippen LogP contribution is -2.55. The predicted octanol–water partition coefficient (Wildman–Crippen LogP) is 4.85. The van der Waals surface area contributed by atoms with Crippen LogP contribution in [0.15, 0.2) is 18.2 Å². The SMILES string of the molecule is CC1(C(=O)O)CN(c2cc(C(F)(F)F)ccc2CN2CCCC23CCN(C(=O)COC(C(F)(F)F)C(F)(F)F)CC3)CCO1. The molecular formula is C27H32F9N3O5. The Hall–Kier alpha value is -2.79. The van der Waals surface area contributed by atoms with Crippen LogP contribution in [0.25, 0.3) is 0 Å². The molecule has 0 bridgehead atoms. The third-order valence-corrected chi connectivity index (χ3v) is 8.60. The highest BCUT2D eigenvalue weighted by Crippen LogP contribution is 2.42. The van der Waals surface area contributed by atoms with Gasteiger partial charge in [-0.05, 0) is 56.8 Å². The fraction of sp³-hybridized carbons (Fsp3) is 0.704. The van der Waals surface area contributed by atoms with E-state index in [4.69, 9.17) is 4.74 Å². The Balaban J connectivity index is 1.48. The van der Waals surface area contributed by atoms with E-state index < -0.39 is 59.8 Å². The van der Waals surface area contributed by atoms with Crippen molar-refractivity contribution in [2.24, 2.45) is 0 Å². The summed E-state index contributed by atoms with van der Waals surface area (Å²) in [5, 5.41) is 9.63. The van der Waals surface area contributed by atoms with Crippen molar-refractivity contribution in [1.82, 2.24) is 9.80 Å². The minimum atomic E-state index is -5.74. The van der Waals surface area contributed by atoms with Crippen LogP contribution < -0.4 is 4.90 Å². The number of piperidine rings is 1. The van der Waals surface area contributed by atoms with Crippen molar-refractivity contribution in [3.63, 3.8) is 0 Å². The van der Waals surface area contributed by atoms with Crippen LogP contribution in [0.5, 0.6) is 0 Å². The maximum absolute atomic E-state index is 13.7. The topological polar surface area (TPSA) is 82.6 Å². The van der Waals surface area contributed by atoms with Crippen molar-refractivity contribution < 1.29 is 63.7 Å². The molecule has 0 saturated carbocycles. The van der Waals surface area contributed by atoms with Crippen LogP contribution in [0.1, 0.15) is 43.7 Å². The van der Waals surface area contributed by atoms with Gasteiger partial charge in [0.1, 0.15) is 6.61 Å². The number of carboxylic acids is 1. The smallest absolute Gasteiger partial charge is 0.423 e. The zero-order valence-electron chi connectivity index (χ0n) is 23.6. The molecule has 0 radical (unpaired) electrons. The summed E-state index contributed by atoms with van der Waals surface area (Å²) in [6.45, 7) is 0.739. The molecule has 3 saturated heterocycles. The zero-order chi connectivity index (χ0) is 32.7. The molecule has 1 aromatic rings. The maximum atomic E-state index is 13.7. The number of nitrogens with zero attached hydrogens (tertiary/aromatic N) is 3. The molecule has 17 heteroatoms. The average molecular weight is 650 g/mol. The van der Waals surface area contributed by atoms with Crippen molar-refractivity contribution in [3.05, 3.63) is 29.3 Å². The van der Waals surface area contributed by atoms with Crippen molar-refractivity contribution in [3.8, 4) is 0 Å². The Labute approximate surface area is 246 Å². The maximum Gasteiger partial charge on any atom is 0.423 e. The highest BCUT2D eigenvalue weighted by Gasteiger charge is 2.58. The summed E-state index contributed by atoms with van der Waals surface area (Å²) in [4.78, 5) is 29.0. The number of likely N-dealkylation sites (tertiary alicyclic amines) is 2. The summed E-state index contributed by atoms with van der Waals surface area (Å²) in [6, 6.07) is 3.29. The number of hydrogen-bond acceptors (Lipinski definition) is 6. The number of amides is 1. The first-order valence-corrected chi connectivity index (χ1v) is 13.9. The molecule has 1 unspecified atom stereocenters. The fourth-order valence-electron chi connectivity index (χ4n) is 6.18. The minimum absolute atomic E-state index is 0.0214. The van der Waals surface area contributed by atoms with Crippen molar-refractivity contribution in [2.45, 2.75) is 74.9 Å². The lowest BCUT2D eigenvalue weighted by atomic mass is 9.84. The van der Waals surface area contributed by atoms with E-state index in [1.54, 1.807) is 4.90 Å². The van der Waals surface area contributed by atoms with Gasteiger partial charge in [-0.1, -0.05) is 6.07 Å². The second-order valence-electron chi connectivity index (χ2n) is 11.6. The van der Waals surface area contributed by atoms with Crippen LogP contribution >= 0.6 is 0 Å². The lowest BCUT2D eigenvalue weighted by molar-refractivity contribution is -0.320. The van der Waals surface area contributed by atoms with Gasteiger partial charge in [0.25, 0.3) is 0 Å². The Morgan fingerprint density at radius 1 is 0.977 bits per heavy atom. The second kappa shape index (κ2) is 12.2. The molecule has 0 aromatic heterocycles. The van der Waals surface area contributed by atoms with Crippen molar-refractivity contribution in [1.29, 1.82) is 0 Å². The number of carbonyl (C=O) groups is 2. The fourth-order valence-corrected chi connectivity index (χ4v) is 6.18. The van der Waals surface area contributed by atoms with E-state index in [1.165, 1.54) is 13.0 Å².